The highest BCUT2D eigenvalue weighted by molar-refractivity contribution is 5.78. The molecule has 3 rings (SSSR count). The van der Waals surface area contributed by atoms with Crippen molar-refractivity contribution in [3.05, 3.63) is 11.7 Å². The van der Waals surface area contributed by atoms with Gasteiger partial charge in [0.1, 0.15) is 13.2 Å². The number of rotatable bonds is 5. The van der Waals surface area contributed by atoms with Gasteiger partial charge in [-0.1, -0.05) is 5.16 Å². The highest BCUT2D eigenvalue weighted by Gasteiger charge is 2.39. The van der Waals surface area contributed by atoms with E-state index in [0.29, 0.717) is 37.4 Å². The van der Waals surface area contributed by atoms with Crippen LogP contribution in [-0.2, 0) is 20.9 Å². The van der Waals surface area contributed by atoms with Crippen molar-refractivity contribution in [2.24, 2.45) is 5.92 Å². The van der Waals surface area contributed by atoms with E-state index in [4.69, 9.17) is 14.0 Å². The first kappa shape index (κ1) is 13.5. The van der Waals surface area contributed by atoms with E-state index in [2.05, 4.69) is 10.1 Å². The smallest absolute Gasteiger partial charge is 0.252 e. The average molecular weight is 281 g/mol. The minimum Gasteiger partial charge on any atom is -0.377 e. The number of morpholine rings is 1. The van der Waals surface area contributed by atoms with Gasteiger partial charge in [-0.25, -0.2) is 0 Å². The Bertz CT molecular complexity index is 472. The van der Waals surface area contributed by atoms with Crippen molar-refractivity contribution >= 4 is 5.91 Å². The quantitative estimate of drug-likeness (QED) is 0.783. The molecule has 2 fully saturated rings. The van der Waals surface area contributed by atoms with E-state index in [9.17, 15) is 4.79 Å². The van der Waals surface area contributed by atoms with Gasteiger partial charge < -0.3 is 18.9 Å². The normalized spacial score (nSPS) is 23.1. The third-order valence-electron chi connectivity index (χ3n) is 3.67. The molecule has 1 atom stereocenters. The predicted molar refractivity (Wildman–Crippen MR) is 67.7 cm³/mol. The second-order valence-corrected chi connectivity index (χ2v) is 5.29. The number of carbonyl (C=O) groups is 1. The van der Waals surface area contributed by atoms with Gasteiger partial charge in [0.05, 0.1) is 19.3 Å². The number of carbonyl (C=O) groups excluding carboxylic acids is 1. The number of aromatic nitrogens is 2. The van der Waals surface area contributed by atoms with Crippen LogP contribution in [0.5, 0.6) is 0 Å². The van der Waals surface area contributed by atoms with Crippen LogP contribution < -0.4 is 0 Å². The highest BCUT2D eigenvalue weighted by atomic mass is 16.5. The van der Waals surface area contributed by atoms with Crippen molar-refractivity contribution in [1.82, 2.24) is 15.0 Å². The number of amides is 1. The Labute approximate surface area is 117 Å². The topological polar surface area (TPSA) is 77.7 Å². The molecule has 1 amide bonds. The van der Waals surface area contributed by atoms with Crippen LogP contribution in [0.1, 0.15) is 24.6 Å². The predicted octanol–water partition coefficient (Wildman–Crippen LogP) is 0.532. The zero-order valence-electron chi connectivity index (χ0n) is 11.6. The number of hydrogen-bond acceptors (Lipinski definition) is 6. The molecule has 0 spiro atoms. The number of aryl methyl sites for hydroxylation is 1. The van der Waals surface area contributed by atoms with Crippen molar-refractivity contribution in [3.63, 3.8) is 0 Å². The van der Waals surface area contributed by atoms with Crippen molar-refractivity contribution in [1.29, 1.82) is 0 Å². The Morgan fingerprint density at radius 1 is 1.50 bits per heavy atom. The van der Waals surface area contributed by atoms with Crippen LogP contribution in [0.4, 0.5) is 0 Å². The third-order valence-corrected chi connectivity index (χ3v) is 3.67. The summed E-state index contributed by atoms with van der Waals surface area (Å²) in [4.78, 5) is 18.1. The minimum absolute atomic E-state index is 0.0152. The zero-order chi connectivity index (χ0) is 13.9. The molecule has 1 aliphatic carbocycles. The largest absolute Gasteiger partial charge is 0.377 e. The Morgan fingerprint density at radius 2 is 2.35 bits per heavy atom. The summed E-state index contributed by atoms with van der Waals surface area (Å²) in [6, 6.07) is 0.227. The summed E-state index contributed by atoms with van der Waals surface area (Å²) >= 11 is 0. The molecular weight excluding hydrogens is 262 g/mol. The van der Waals surface area contributed by atoms with E-state index in [1.54, 1.807) is 6.92 Å². The SMILES string of the molecule is Cc1noc(COCC(=O)N2CCOCC2C2CC2)n1. The van der Waals surface area contributed by atoms with E-state index >= 15 is 0 Å². The monoisotopic (exact) mass is 281 g/mol. The third kappa shape index (κ3) is 3.16. The van der Waals surface area contributed by atoms with Gasteiger partial charge in [0, 0.05) is 6.54 Å². The van der Waals surface area contributed by atoms with E-state index in [-0.39, 0.29) is 25.2 Å². The Balaban J connectivity index is 1.47. The fourth-order valence-electron chi connectivity index (χ4n) is 2.51. The molecule has 110 valence electrons. The number of ether oxygens (including phenoxy) is 2. The lowest BCUT2D eigenvalue weighted by molar-refractivity contribution is -0.146. The molecule has 1 aromatic rings. The molecule has 0 N–H and O–H groups in total. The summed E-state index contributed by atoms with van der Waals surface area (Å²) in [6.07, 6.45) is 2.39. The Kier molecular flexibility index (Phi) is 3.98. The maximum atomic E-state index is 12.2. The Morgan fingerprint density at radius 3 is 3.05 bits per heavy atom. The van der Waals surface area contributed by atoms with Crippen LogP contribution in [0.15, 0.2) is 4.52 Å². The van der Waals surface area contributed by atoms with Gasteiger partial charge in [0.25, 0.3) is 5.89 Å². The van der Waals surface area contributed by atoms with Gasteiger partial charge in [-0.2, -0.15) is 4.98 Å². The molecule has 0 radical (unpaired) electrons. The van der Waals surface area contributed by atoms with Crippen molar-refractivity contribution in [3.8, 4) is 0 Å². The molecule has 1 aromatic heterocycles. The standard InChI is InChI=1S/C13H19N3O4/c1-9-14-12(20-15-9)7-19-8-13(17)16-4-5-18-6-11(16)10-2-3-10/h10-11H,2-8H2,1H3. The summed E-state index contributed by atoms with van der Waals surface area (Å²) in [5.74, 6) is 1.59. The fourth-order valence-corrected chi connectivity index (χ4v) is 2.51. The lowest BCUT2D eigenvalue weighted by Crippen LogP contribution is -2.51. The Hall–Kier alpha value is -1.47. The summed E-state index contributed by atoms with van der Waals surface area (Å²) < 4.78 is 15.8. The molecule has 7 heteroatoms. The van der Waals surface area contributed by atoms with Crippen molar-refractivity contribution < 1.29 is 18.8 Å². The molecule has 1 saturated heterocycles. The second-order valence-electron chi connectivity index (χ2n) is 5.29. The molecule has 0 aromatic carbocycles. The van der Waals surface area contributed by atoms with Gasteiger partial charge in [-0.3, -0.25) is 4.79 Å². The van der Waals surface area contributed by atoms with Gasteiger partial charge >= 0.3 is 0 Å². The van der Waals surface area contributed by atoms with Crippen LogP contribution in [0.3, 0.4) is 0 Å². The van der Waals surface area contributed by atoms with E-state index in [0.717, 1.165) is 0 Å². The maximum Gasteiger partial charge on any atom is 0.252 e. The van der Waals surface area contributed by atoms with Crippen LogP contribution >= 0.6 is 0 Å². The summed E-state index contributed by atoms with van der Waals surface area (Å²) in [5.41, 5.74) is 0. The first-order chi connectivity index (χ1) is 9.74. The van der Waals surface area contributed by atoms with E-state index < -0.39 is 0 Å². The molecular formula is C13H19N3O4. The van der Waals surface area contributed by atoms with Gasteiger partial charge in [0.2, 0.25) is 5.91 Å². The van der Waals surface area contributed by atoms with E-state index in [1.165, 1.54) is 12.8 Å². The molecule has 1 unspecified atom stereocenters. The summed E-state index contributed by atoms with van der Waals surface area (Å²) in [6.45, 7) is 3.88. The lowest BCUT2D eigenvalue weighted by Gasteiger charge is -2.35. The van der Waals surface area contributed by atoms with Gasteiger partial charge in [-0.15, -0.1) is 0 Å². The number of nitrogens with zero attached hydrogens (tertiary/aromatic N) is 3. The summed E-state index contributed by atoms with van der Waals surface area (Å²) in [5, 5.41) is 3.67. The molecule has 0 bridgehead atoms. The highest BCUT2D eigenvalue weighted by Crippen LogP contribution is 2.36. The average Bonchev–Trinajstić information content (AvgIpc) is 3.22. The number of hydrogen-bond donors (Lipinski definition) is 0. The van der Waals surface area contributed by atoms with Crippen LogP contribution in [-0.4, -0.2) is 53.4 Å². The van der Waals surface area contributed by atoms with Crippen LogP contribution in [0, 0.1) is 12.8 Å². The van der Waals surface area contributed by atoms with E-state index in [1.807, 2.05) is 4.90 Å². The lowest BCUT2D eigenvalue weighted by atomic mass is 10.1. The maximum absolute atomic E-state index is 12.2. The second kappa shape index (κ2) is 5.88. The van der Waals surface area contributed by atoms with Crippen molar-refractivity contribution in [2.75, 3.05) is 26.4 Å². The fraction of sp³-hybridized carbons (Fsp3) is 0.769. The van der Waals surface area contributed by atoms with Crippen molar-refractivity contribution in [2.45, 2.75) is 32.4 Å². The summed E-state index contributed by atoms with van der Waals surface area (Å²) in [7, 11) is 0. The van der Waals surface area contributed by atoms with Crippen LogP contribution in [0.2, 0.25) is 0 Å². The zero-order valence-corrected chi connectivity index (χ0v) is 11.6. The minimum atomic E-state index is 0.0152. The molecule has 2 aliphatic rings. The molecule has 20 heavy (non-hydrogen) atoms. The first-order valence-corrected chi connectivity index (χ1v) is 6.98. The molecule has 2 heterocycles. The van der Waals surface area contributed by atoms with Gasteiger partial charge in [0.15, 0.2) is 5.82 Å². The molecule has 1 saturated carbocycles. The molecule has 7 nitrogen and oxygen atoms in total. The first-order valence-electron chi connectivity index (χ1n) is 6.98. The van der Waals surface area contributed by atoms with Crippen LogP contribution in [0.25, 0.3) is 0 Å². The van der Waals surface area contributed by atoms with Gasteiger partial charge in [-0.05, 0) is 25.7 Å². The molecule has 1 aliphatic heterocycles.